The molecular weight excluding hydrogens is 316 g/mol. The van der Waals surface area contributed by atoms with Crippen LogP contribution in [0.2, 0.25) is 0 Å². The Morgan fingerprint density at radius 3 is 2.55 bits per heavy atom. The van der Waals surface area contributed by atoms with Crippen molar-refractivity contribution in [2.45, 2.75) is 26.4 Å². The Morgan fingerprint density at radius 1 is 1.10 bits per heavy atom. The van der Waals surface area contributed by atoms with E-state index in [9.17, 15) is 5.11 Å². The maximum atomic E-state index is 10.7. The number of aliphatic hydroxyl groups excluding tert-OH is 1. The fourth-order valence-electron chi connectivity index (χ4n) is 2.14. The van der Waals surface area contributed by atoms with Gasteiger partial charge in [-0.15, -0.1) is 0 Å². The van der Waals surface area contributed by atoms with Crippen molar-refractivity contribution in [1.82, 2.24) is 0 Å². The topological polar surface area (TPSA) is 29.5 Å². The van der Waals surface area contributed by atoms with Crippen LogP contribution in [0.25, 0.3) is 0 Å². The number of halogens is 1. The molecule has 0 spiro atoms. The highest BCUT2D eigenvalue weighted by atomic mass is 79.9. The van der Waals surface area contributed by atoms with Gasteiger partial charge in [-0.05, 0) is 36.6 Å². The summed E-state index contributed by atoms with van der Waals surface area (Å²) in [5, 5.41) is 10.7. The van der Waals surface area contributed by atoms with Crippen LogP contribution in [0.1, 0.15) is 36.1 Å². The van der Waals surface area contributed by atoms with Gasteiger partial charge < -0.3 is 9.84 Å². The summed E-state index contributed by atoms with van der Waals surface area (Å²) >= 11 is 3.51. The van der Waals surface area contributed by atoms with Crippen molar-refractivity contribution in [2.75, 3.05) is 6.61 Å². The second-order valence-electron chi connectivity index (χ2n) is 4.74. The van der Waals surface area contributed by atoms with Crippen molar-refractivity contribution in [3.63, 3.8) is 0 Å². The summed E-state index contributed by atoms with van der Waals surface area (Å²) in [6, 6.07) is 13.5. The normalized spacial score (nSPS) is 12.2. The van der Waals surface area contributed by atoms with Crippen LogP contribution in [-0.4, -0.2) is 11.7 Å². The first-order valence-electron chi connectivity index (χ1n) is 6.80. The molecule has 106 valence electrons. The van der Waals surface area contributed by atoms with Gasteiger partial charge in [0, 0.05) is 10.0 Å². The number of benzene rings is 2. The molecule has 0 aliphatic rings. The van der Waals surface area contributed by atoms with E-state index < -0.39 is 6.10 Å². The second kappa shape index (κ2) is 6.91. The number of rotatable bonds is 5. The molecule has 1 N–H and O–H groups in total. The molecule has 0 bridgehead atoms. The van der Waals surface area contributed by atoms with Crippen molar-refractivity contribution in [2.24, 2.45) is 0 Å². The molecule has 0 aliphatic heterocycles. The first-order valence-corrected chi connectivity index (χ1v) is 7.59. The number of aliphatic hydroxyl groups is 1. The molecule has 1 unspecified atom stereocenters. The number of hydrogen-bond acceptors (Lipinski definition) is 2. The lowest BCUT2D eigenvalue weighted by Crippen LogP contribution is -2.06. The van der Waals surface area contributed by atoms with E-state index in [2.05, 4.69) is 22.9 Å². The van der Waals surface area contributed by atoms with Crippen LogP contribution in [0.4, 0.5) is 0 Å². The predicted octanol–water partition coefficient (Wildman–Crippen LogP) is 4.63. The summed E-state index contributed by atoms with van der Waals surface area (Å²) in [4.78, 5) is 0. The molecule has 20 heavy (non-hydrogen) atoms. The third kappa shape index (κ3) is 3.22. The zero-order valence-electron chi connectivity index (χ0n) is 11.8. The van der Waals surface area contributed by atoms with E-state index in [-0.39, 0.29) is 0 Å². The van der Waals surface area contributed by atoms with Gasteiger partial charge in [-0.1, -0.05) is 53.2 Å². The molecule has 0 radical (unpaired) electrons. The Hall–Kier alpha value is -1.32. The maximum absolute atomic E-state index is 10.7. The lowest BCUT2D eigenvalue weighted by molar-refractivity contribution is 0.210. The van der Waals surface area contributed by atoms with Gasteiger partial charge in [-0.2, -0.15) is 0 Å². The largest absolute Gasteiger partial charge is 0.493 e. The van der Waals surface area contributed by atoms with Crippen LogP contribution < -0.4 is 4.74 Å². The van der Waals surface area contributed by atoms with Gasteiger partial charge in [0.15, 0.2) is 0 Å². The highest BCUT2D eigenvalue weighted by Crippen LogP contribution is 2.33. The Bertz CT molecular complexity index is 581. The molecule has 2 rings (SSSR count). The fraction of sp³-hybridized carbons (Fsp3) is 0.294. The molecule has 0 aromatic heterocycles. The molecule has 2 aromatic carbocycles. The Morgan fingerprint density at radius 2 is 1.80 bits per heavy atom. The molecule has 0 saturated heterocycles. The smallest absolute Gasteiger partial charge is 0.125 e. The van der Waals surface area contributed by atoms with Gasteiger partial charge >= 0.3 is 0 Å². The minimum atomic E-state index is -0.680. The molecule has 1 atom stereocenters. The maximum Gasteiger partial charge on any atom is 0.125 e. The molecule has 3 heteroatoms. The zero-order valence-corrected chi connectivity index (χ0v) is 13.4. The van der Waals surface area contributed by atoms with E-state index in [1.54, 1.807) is 0 Å². The van der Waals surface area contributed by atoms with Gasteiger partial charge in [-0.25, -0.2) is 0 Å². The second-order valence-corrected chi connectivity index (χ2v) is 5.60. The van der Waals surface area contributed by atoms with Crippen LogP contribution in [0.3, 0.4) is 0 Å². The van der Waals surface area contributed by atoms with Crippen LogP contribution in [0.5, 0.6) is 5.75 Å². The highest BCUT2D eigenvalue weighted by molar-refractivity contribution is 9.10. The molecule has 0 heterocycles. The Balaban J connectivity index is 2.38. The lowest BCUT2D eigenvalue weighted by atomic mass is 9.97. The van der Waals surface area contributed by atoms with Gasteiger partial charge in [0.05, 0.1) is 6.61 Å². The van der Waals surface area contributed by atoms with Crippen molar-refractivity contribution >= 4 is 15.9 Å². The minimum absolute atomic E-state index is 0.654. The van der Waals surface area contributed by atoms with E-state index in [1.807, 2.05) is 49.4 Å². The van der Waals surface area contributed by atoms with Crippen molar-refractivity contribution in [3.8, 4) is 5.75 Å². The molecule has 0 saturated carbocycles. The monoisotopic (exact) mass is 334 g/mol. The van der Waals surface area contributed by atoms with Crippen LogP contribution in [0.15, 0.2) is 46.9 Å². The van der Waals surface area contributed by atoms with Crippen LogP contribution >= 0.6 is 15.9 Å². The summed E-state index contributed by atoms with van der Waals surface area (Å²) in [7, 11) is 0. The van der Waals surface area contributed by atoms with Gasteiger partial charge in [0.1, 0.15) is 11.9 Å². The molecule has 0 fully saturated rings. The van der Waals surface area contributed by atoms with E-state index in [1.165, 1.54) is 0 Å². The Kier molecular flexibility index (Phi) is 5.21. The Labute approximate surface area is 128 Å². The summed E-state index contributed by atoms with van der Waals surface area (Å²) in [6.07, 6.45) is 0.265. The number of ether oxygens (including phenoxy) is 1. The van der Waals surface area contributed by atoms with Gasteiger partial charge in [0.25, 0.3) is 0 Å². The molecule has 2 nitrogen and oxygen atoms in total. The van der Waals surface area contributed by atoms with Gasteiger partial charge in [-0.3, -0.25) is 0 Å². The molecule has 0 aliphatic carbocycles. The average Bonchev–Trinajstić information content (AvgIpc) is 2.47. The average molecular weight is 335 g/mol. The van der Waals surface area contributed by atoms with E-state index in [4.69, 9.17) is 4.74 Å². The van der Waals surface area contributed by atoms with Crippen molar-refractivity contribution in [1.29, 1.82) is 0 Å². The van der Waals surface area contributed by atoms with E-state index in [0.29, 0.717) is 6.61 Å². The summed E-state index contributed by atoms with van der Waals surface area (Å²) in [5.74, 6) is 0.751. The van der Waals surface area contributed by atoms with E-state index >= 15 is 0 Å². The van der Waals surface area contributed by atoms with Crippen LogP contribution in [0, 0.1) is 6.92 Å². The minimum Gasteiger partial charge on any atom is -0.493 e. The molecule has 0 amide bonds. The summed E-state index contributed by atoms with van der Waals surface area (Å²) in [6.45, 7) is 4.72. The fourth-order valence-corrected chi connectivity index (χ4v) is 2.52. The SMILES string of the molecule is CCCOc1ccccc1C(O)c1cccc(Br)c1C. The summed E-state index contributed by atoms with van der Waals surface area (Å²) < 4.78 is 6.73. The number of hydrogen-bond donors (Lipinski definition) is 1. The highest BCUT2D eigenvalue weighted by Gasteiger charge is 2.17. The predicted molar refractivity (Wildman–Crippen MR) is 85.2 cm³/mol. The first kappa shape index (κ1) is 15.1. The number of para-hydroxylation sites is 1. The quantitative estimate of drug-likeness (QED) is 0.863. The molecule has 2 aromatic rings. The van der Waals surface area contributed by atoms with Crippen LogP contribution in [-0.2, 0) is 0 Å². The third-order valence-corrected chi connectivity index (χ3v) is 4.14. The first-order chi connectivity index (χ1) is 9.65. The molecular formula is C17H19BrO2. The third-order valence-electron chi connectivity index (χ3n) is 3.28. The summed E-state index contributed by atoms with van der Waals surface area (Å²) in [5.41, 5.74) is 2.75. The lowest BCUT2D eigenvalue weighted by Gasteiger charge is -2.18. The van der Waals surface area contributed by atoms with Crippen molar-refractivity contribution < 1.29 is 9.84 Å². The standard InChI is InChI=1S/C17H19BrO2/c1-3-11-20-16-10-5-4-7-14(16)17(19)13-8-6-9-15(18)12(13)2/h4-10,17,19H,3,11H2,1-2H3. The van der Waals surface area contributed by atoms with E-state index in [0.717, 1.165) is 33.3 Å². The zero-order chi connectivity index (χ0) is 14.5. The van der Waals surface area contributed by atoms with Gasteiger partial charge in [0.2, 0.25) is 0 Å². The van der Waals surface area contributed by atoms with Crippen molar-refractivity contribution in [3.05, 3.63) is 63.6 Å².